The third-order valence-electron chi connectivity index (χ3n) is 5.28. The molecule has 4 nitrogen and oxygen atoms in total. The predicted octanol–water partition coefficient (Wildman–Crippen LogP) is 6.07. The summed E-state index contributed by atoms with van der Waals surface area (Å²) in [7, 11) is 1.34. The molecule has 0 saturated heterocycles. The second-order valence-corrected chi connectivity index (χ2v) is 7.26. The number of nitrogens with two attached hydrogens (primary N) is 1. The molecule has 5 heteroatoms. The van der Waals surface area contributed by atoms with Crippen molar-refractivity contribution in [2.45, 2.75) is 0 Å². The van der Waals surface area contributed by atoms with Crippen LogP contribution < -0.4 is 5.73 Å². The number of carbonyl (C=O) groups excluding carboxylic acids is 1. The third kappa shape index (κ3) is 4.07. The second kappa shape index (κ2) is 8.75. The van der Waals surface area contributed by atoms with Gasteiger partial charge >= 0.3 is 5.97 Å². The Bertz CT molecular complexity index is 1340. The van der Waals surface area contributed by atoms with Crippen LogP contribution in [0, 0.1) is 17.1 Å². The minimum absolute atomic E-state index is 0.0242. The summed E-state index contributed by atoms with van der Waals surface area (Å²) in [4.78, 5) is 12.1. The fourth-order valence-electron chi connectivity index (χ4n) is 3.58. The number of hydrogen-bond donors (Lipinski definition) is 1. The molecule has 4 rings (SSSR count). The molecule has 0 fully saturated rings. The Balaban J connectivity index is 1.62. The predicted molar refractivity (Wildman–Crippen MR) is 123 cm³/mol. The van der Waals surface area contributed by atoms with E-state index < -0.39 is 11.8 Å². The molecular formula is C27H19FN2O2. The van der Waals surface area contributed by atoms with Crippen LogP contribution in [0.3, 0.4) is 0 Å². The average Bonchev–Trinajstić information content (AvgIpc) is 2.84. The van der Waals surface area contributed by atoms with Crippen molar-refractivity contribution in [1.29, 1.82) is 5.26 Å². The van der Waals surface area contributed by atoms with Gasteiger partial charge in [0, 0.05) is 5.69 Å². The molecule has 0 heterocycles. The van der Waals surface area contributed by atoms with Crippen LogP contribution >= 0.6 is 0 Å². The van der Waals surface area contributed by atoms with Crippen LogP contribution in [0.1, 0.15) is 15.9 Å². The highest BCUT2D eigenvalue weighted by Crippen LogP contribution is 2.30. The number of rotatable bonds is 4. The highest BCUT2D eigenvalue weighted by molar-refractivity contribution is 5.98. The smallest absolute Gasteiger partial charge is 0.338 e. The van der Waals surface area contributed by atoms with Gasteiger partial charge in [-0.1, -0.05) is 60.7 Å². The Morgan fingerprint density at radius 1 is 0.812 bits per heavy atom. The van der Waals surface area contributed by atoms with Crippen molar-refractivity contribution in [1.82, 2.24) is 0 Å². The van der Waals surface area contributed by atoms with E-state index in [0.29, 0.717) is 11.3 Å². The number of ether oxygens (including phenoxy) is 1. The molecular weight excluding hydrogens is 403 g/mol. The fraction of sp³-hybridized carbons (Fsp3) is 0.0370. The minimum atomic E-state index is -0.524. The molecule has 0 aliphatic rings. The number of halogens is 1. The van der Waals surface area contributed by atoms with E-state index in [2.05, 4.69) is 0 Å². The second-order valence-electron chi connectivity index (χ2n) is 7.26. The van der Waals surface area contributed by atoms with Crippen molar-refractivity contribution in [2.75, 3.05) is 12.8 Å². The Morgan fingerprint density at radius 2 is 1.34 bits per heavy atom. The lowest BCUT2D eigenvalue weighted by Gasteiger charge is -2.11. The Hall–Kier alpha value is -4.43. The average molecular weight is 422 g/mol. The minimum Gasteiger partial charge on any atom is -0.465 e. The van der Waals surface area contributed by atoms with Crippen molar-refractivity contribution in [2.24, 2.45) is 0 Å². The molecule has 2 N–H and O–H groups in total. The van der Waals surface area contributed by atoms with Gasteiger partial charge in [0.1, 0.15) is 11.9 Å². The lowest BCUT2D eigenvalue weighted by Crippen LogP contribution is -2.04. The zero-order chi connectivity index (χ0) is 22.7. The van der Waals surface area contributed by atoms with Gasteiger partial charge in [-0.05, 0) is 57.6 Å². The lowest BCUT2D eigenvalue weighted by atomic mass is 9.95. The summed E-state index contributed by atoms with van der Waals surface area (Å²) in [5.41, 5.74) is 12.1. The first-order chi connectivity index (χ1) is 15.5. The maximum Gasteiger partial charge on any atom is 0.338 e. The molecule has 4 aromatic rings. The Labute approximate surface area is 185 Å². The van der Waals surface area contributed by atoms with Crippen LogP contribution in [0.25, 0.3) is 33.4 Å². The number of anilines is 1. The molecule has 4 aromatic carbocycles. The van der Waals surface area contributed by atoms with Crippen LogP contribution in [-0.4, -0.2) is 13.1 Å². The number of carbonyl (C=O) groups is 1. The van der Waals surface area contributed by atoms with Gasteiger partial charge in [0.2, 0.25) is 0 Å². The number of methoxy groups -OCH3 is 1. The summed E-state index contributed by atoms with van der Waals surface area (Å²) in [5.74, 6) is -0.961. The molecule has 0 aliphatic heterocycles. The quantitative estimate of drug-likeness (QED) is 0.320. The first-order valence-corrected chi connectivity index (χ1v) is 9.89. The van der Waals surface area contributed by atoms with Crippen molar-refractivity contribution in [3.05, 3.63) is 102 Å². The van der Waals surface area contributed by atoms with Gasteiger partial charge in [-0.15, -0.1) is 0 Å². The highest BCUT2D eigenvalue weighted by Gasteiger charge is 2.14. The third-order valence-corrected chi connectivity index (χ3v) is 5.28. The number of hydrogen-bond acceptors (Lipinski definition) is 4. The monoisotopic (exact) mass is 422 g/mol. The van der Waals surface area contributed by atoms with E-state index in [1.54, 1.807) is 24.3 Å². The van der Waals surface area contributed by atoms with Gasteiger partial charge in [-0.3, -0.25) is 0 Å². The van der Waals surface area contributed by atoms with E-state index in [-0.39, 0.29) is 5.56 Å². The van der Waals surface area contributed by atoms with Crippen LogP contribution in [0.15, 0.2) is 84.9 Å². The lowest BCUT2D eigenvalue weighted by molar-refractivity contribution is 0.0601. The molecule has 0 amide bonds. The molecule has 32 heavy (non-hydrogen) atoms. The first-order valence-electron chi connectivity index (χ1n) is 9.89. The number of benzene rings is 4. The summed E-state index contributed by atoms with van der Waals surface area (Å²) in [6.45, 7) is 0. The van der Waals surface area contributed by atoms with Gasteiger partial charge in [-0.2, -0.15) is 5.26 Å². The highest BCUT2D eigenvalue weighted by atomic mass is 19.1. The maximum atomic E-state index is 13.6. The zero-order valence-electron chi connectivity index (χ0n) is 17.3. The van der Waals surface area contributed by atoms with Crippen molar-refractivity contribution in [3.63, 3.8) is 0 Å². The van der Waals surface area contributed by atoms with Gasteiger partial charge < -0.3 is 10.5 Å². The topological polar surface area (TPSA) is 76.1 Å². The van der Waals surface area contributed by atoms with Gasteiger partial charge in [0.25, 0.3) is 0 Å². The number of nitriles is 1. The normalized spacial score (nSPS) is 10.4. The number of esters is 1. The van der Waals surface area contributed by atoms with Crippen LogP contribution in [0.4, 0.5) is 10.1 Å². The van der Waals surface area contributed by atoms with Crippen molar-refractivity contribution in [3.8, 4) is 39.4 Å². The molecule has 0 bridgehead atoms. The standard InChI is InChI=1S/C27H19FN2O2/c1-32-27(31)25-15-23(30)11-12-24(25)20-8-6-18(7-9-20)17-2-4-19(5-3-17)21-10-13-26(28)22(14-21)16-29/h2-15H,30H2,1H3. The fourth-order valence-corrected chi connectivity index (χ4v) is 3.58. The SMILES string of the molecule is COC(=O)c1cc(N)ccc1-c1ccc(-c2ccc(-c3ccc(F)c(C#N)c3)cc2)cc1. The van der Waals surface area contributed by atoms with Crippen molar-refractivity contribution >= 4 is 11.7 Å². The van der Waals surface area contributed by atoms with Crippen LogP contribution in [0.2, 0.25) is 0 Å². The van der Waals surface area contributed by atoms with Crippen LogP contribution in [-0.2, 0) is 4.74 Å². The van der Waals surface area contributed by atoms with E-state index >= 15 is 0 Å². The summed E-state index contributed by atoms with van der Waals surface area (Å²) < 4.78 is 18.5. The molecule has 0 unspecified atom stereocenters. The van der Waals surface area contributed by atoms with Crippen molar-refractivity contribution < 1.29 is 13.9 Å². The number of nitrogens with zero attached hydrogens (tertiary/aromatic N) is 1. The molecule has 0 saturated carbocycles. The first kappa shape index (κ1) is 20.8. The summed E-state index contributed by atoms with van der Waals surface area (Å²) in [6.07, 6.45) is 0. The molecule has 156 valence electrons. The van der Waals surface area contributed by atoms with E-state index in [1.807, 2.05) is 60.7 Å². The molecule has 0 atom stereocenters. The largest absolute Gasteiger partial charge is 0.465 e. The molecule has 0 aliphatic carbocycles. The van der Waals surface area contributed by atoms with E-state index in [1.165, 1.54) is 13.2 Å². The molecule has 0 radical (unpaired) electrons. The van der Waals surface area contributed by atoms with Gasteiger partial charge in [-0.25, -0.2) is 9.18 Å². The molecule has 0 aromatic heterocycles. The van der Waals surface area contributed by atoms with E-state index in [9.17, 15) is 9.18 Å². The summed E-state index contributed by atoms with van der Waals surface area (Å²) >= 11 is 0. The van der Waals surface area contributed by atoms with Gasteiger partial charge in [0.15, 0.2) is 0 Å². The summed E-state index contributed by atoms with van der Waals surface area (Å²) in [6, 6.07) is 27.2. The Morgan fingerprint density at radius 3 is 1.91 bits per heavy atom. The van der Waals surface area contributed by atoms with Gasteiger partial charge in [0.05, 0.1) is 18.2 Å². The number of nitrogen functional groups attached to an aromatic ring is 1. The van der Waals surface area contributed by atoms with E-state index in [4.69, 9.17) is 15.7 Å². The zero-order valence-corrected chi connectivity index (χ0v) is 17.3. The van der Waals surface area contributed by atoms with E-state index in [0.717, 1.165) is 33.4 Å². The van der Waals surface area contributed by atoms with Crippen LogP contribution in [0.5, 0.6) is 0 Å². The molecule has 0 spiro atoms. The summed E-state index contributed by atoms with van der Waals surface area (Å²) in [5, 5.41) is 9.04. The Kier molecular flexibility index (Phi) is 5.69. The maximum absolute atomic E-state index is 13.6.